The Kier molecular flexibility index (Phi) is 10.7. The Morgan fingerprint density at radius 3 is 2.16 bits per heavy atom. The second-order valence-corrected chi connectivity index (χ2v) is 13.8. The molecule has 43 heavy (non-hydrogen) atoms. The average molecular weight is 604 g/mol. The van der Waals surface area contributed by atoms with Crippen molar-refractivity contribution in [1.82, 2.24) is 10.2 Å². The first-order chi connectivity index (χ1) is 20.5. The Labute approximate surface area is 257 Å². The largest absolute Gasteiger partial charge is 0.352 e. The number of carbonyl (C=O) groups excluding carboxylic acids is 2. The van der Waals surface area contributed by atoms with Crippen LogP contribution in [-0.4, -0.2) is 43.8 Å². The van der Waals surface area contributed by atoms with E-state index in [9.17, 15) is 18.0 Å². The van der Waals surface area contributed by atoms with Crippen LogP contribution in [0.3, 0.4) is 0 Å². The van der Waals surface area contributed by atoms with Gasteiger partial charge in [0.05, 0.1) is 10.6 Å². The molecule has 1 fully saturated rings. The van der Waals surface area contributed by atoms with Crippen molar-refractivity contribution in [2.24, 2.45) is 0 Å². The highest BCUT2D eigenvalue weighted by atomic mass is 32.2. The van der Waals surface area contributed by atoms with Crippen LogP contribution >= 0.6 is 0 Å². The smallest absolute Gasteiger partial charge is 0.264 e. The monoisotopic (exact) mass is 603 g/mol. The first-order valence-corrected chi connectivity index (χ1v) is 16.8. The molecule has 0 heterocycles. The molecule has 4 rings (SSSR count). The molecular formula is C35H45N3O4S. The number of hydrogen-bond acceptors (Lipinski definition) is 4. The summed E-state index contributed by atoms with van der Waals surface area (Å²) in [5, 5.41) is 3.20. The van der Waals surface area contributed by atoms with E-state index in [0.29, 0.717) is 12.1 Å². The second kappa shape index (κ2) is 14.2. The Bertz CT molecular complexity index is 1530. The number of nitrogens with one attached hydrogen (secondary N) is 1. The van der Waals surface area contributed by atoms with Crippen molar-refractivity contribution < 1.29 is 18.0 Å². The van der Waals surface area contributed by atoms with E-state index in [4.69, 9.17) is 0 Å². The number of sulfonamides is 1. The van der Waals surface area contributed by atoms with E-state index in [-0.39, 0.29) is 23.4 Å². The first kappa shape index (κ1) is 32.3. The molecular weight excluding hydrogens is 558 g/mol. The zero-order valence-electron chi connectivity index (χ0n) is 26.1. The minimum atomic E-state index is -4.11. The van der Waals surface area contributed by atoms with Crippen LogP contribution in [0.5, 0.6) is 0 Å². The third kappa shape index (κ3) is 8.05. The molecule has 8 heteroatoms. The van der Waals surface area contributed by atoms with Gasteiger partial charge in [0, 0.05) is 12.6 Å². The lowest BCUT2D eigenvalue weighted by molar-refractivity contribution is -0.140. The molecule has 0 radical (unpaired) electrons. The molecule has 1 saturated carbocycles. The summed E-state index contributed by atoms with van der Waals surface area (Å²) >= 11 is 0. The molecule has 0 saturated heterocycles. The van der Waals surface area contributed by atoms with Crippen molar-refractivity contribution in [3.05, 3.63) is 94.5 Å². The van der Waals surface area contributed by atoms with Gasteiger partial charge in [0.15, 0.2) is 0 Å². The number of hydrogen-bond donors (Lipinski definition) is 1. The van der Waals surface area contributed by atoms with Gasteiger partial charge in [0.1, 0.15) is 12.6 Å². The van der Waals surface area contributed by atoms with Crippen molar-refractivity contribution in [1.29, 1.82) is 0 Å². The van der Waals surface area contributed by atoms with E-state index in [1.54, 1.807) is 35.2 Å². The van der Waals surface area contributed by atoms with Crippen LogP contribution in [0.25, 0.3) is 0 Å². The van der Waals surface area contributed by atoms with Gasteiger partial charge in [-0.15, -0.1) is 0 Å². The van der Waals surface area contributed by atoms with Crippen molar-refractivity contribution in [2.45, 2.75) is 96.7 Å². The molecule has 1 atom stereocenters. The SMILES string of the molecule is CCC(C(=O)NC1CCCCC1)N(Cc1cccc(C)c1)C(=O)CN(c1cc(C)ccc1C)S(=O)(=O)c1ccc(C)cc1. The van der Waals surface area contributed by atoms with Crippen molar-refractivity contribution in [3.8, 4) is 0 Å². The number of anilines is 1. The fraction of sp³-hybridized carbons (Fsp3) is 0.429. The highest BCUT2D eigenvalue weighted by Gasteiger charge is 2.35. The minimum Gasteiger partial charge on any atom is -0.352 e. The molecule has 0 aliphatic heterocycles. The molecule has 1 aliphatic rings. The molecule has 2 amide bonds. The first-order valence-electron chi connectivity index (χ1n) is 15.3. The van der Waals surface area contributed by atoms with Gasteiger partial charge in [-0.3, -0.25) is 13.9 Å². The Hall–Kier alpha value is -3.65. The van der Waals surface area contributed by atoms with Crippen LogP contribution < -0.4 is 9.62 Å². The van der Waals surface area contributed by atoms with Crippen LogP contribution in [0.4, 0.5) is 5.69 Å². The maximum Gasteiger partial charge on any atom is 0.264 e. The zero-order chi connectivity index (χ0) is 31.1. The number of nitrogens with zero attached hydrogens (tertiary/aromatic N) is 2. The van der Waals surface area contributed by atoms with E-state index in [2.05, 4.69) is 5.32 Å². The van der Waals surface area contributed by atoms with Gasteiger partial charge in [-0.25, -0.2) is 8.42 Å². The fourth-order valence-electron chi connectivity index (χ4n) is 5.81. The van der Waals surface area contributed by atoms with Crippen molar-refractivity contribution in [2.75, 3.05) is 10.8 Å². The highest BCUT2D eigenvalue weighted by Crippen LogP contribution is 2.29. The summed E-state index contributed by atoms with van der Waals surface area (Å²) < 4.78 is 29.6. The van der Waals surface area contributed by atoms with Gasteiger partial charge in [-0.1, -0.05) is 85.8 Å². The lowest BCUT2D eigenvalue weighted by atomic mass is 9.95. The second-order valence-electron chi connectivity index (χ2n) is 11.9. The topological polar surface area (TPSA) is 86.8 Å². The molecule has 7 nitrogen and oxygen atoms in total. The number of aryl methyl sites for hydroxylation is 4. The number of amides is 2. The summed E-state index contributed by atoms with van der Waals surface area (Å²) in [6.45, 7) is 9.28. The van der Waals surface area contributed by atoms with Crippen LogP contribution in [0, 0.1) is 27.7 Å². The van der Waals surface area contributed by atoms with E-state index < -0.39 is 28.5 Å². The van der Waals surface area contributed by atoms with Gasteiger partial charge in [0.25, 0.3) is 10.0 Å². The van der Waals surface area contributed by atoms with Gasteiger partial charge in [-0.2, -0.15) is 0 Å². The van der Waals surface area contributed by atoms with Gasteiger partial charge in [-0.05, 0) is 81.8 Å². The molecule has 0 aromatic heterocycles. The molecule has 3 aromatic carbocycles. The third-order valence-corrected chi connectivity index (χ3v) is 10.1. The van der Waals surface area contributed by atoms with Crippen LogP contribution in [0.1, 0.15) is 73.3 Å². The summed E-state index contributed by atoms with van der Waals surface area (Å²) in [7, 11) is -4.11. The normalized spacial score (nSPS) is 14.6. The predicted octanol–water partition coefficient (Wildman–Crippen LogP) is 6.37. The third-order valence-electron chi connectivity index (χ3n) is 8.29. The van der Waals surface area contributed by atoms with Crippen LogP contribution in [0.2, 0.25) is 0 Å². The quantitative estimate of drug-likeness (QED) is 0.276. The minimum absolute atomic E-state index is 0.0968. The Morgan fingerprint density at radius 1 is 0.860 bits per heavy atom. The molecule has 0 spiro atoms. The molecule has 230 valence electrons. The van der Waals surface area contributed by atoms with E-state index in [1.165, 1.54) is 10.7 Å². The fourth-order valence-corrected chi connectivity index (χ4v) is 7.28. The lowest BCUT2D eigenvalue weighted by Crippen LogP contribution is -2.54. The van der Waals surface area contributed by atoms with Gasteiger partial charge >= 0.3 is 0 Å². The van der Waals surface area contributed by atoms with Gasteiger partial charge < -0.3 is 10.2 Å². The zero-order valence-corrected chi connectivity index (χ0v) is 26.9. The Morgan fingerprint density at radius 2 is 1.51 bits per heavy atom. The summed E-state index contributed by atoms with van der Waals surface area (Å²) in [6, 6.07) is 19.4. The van der Waals surface area contributed by atoms with Crippen LogP contribution in [0.15, 0.2) is 71.6 Å². The summed E-state index contributed by atoms with van der Waals surface area (Å²) in [5.74, 6) is -0.612. The Balaban J connectivity index is 1.74. The van der Waals surface area contributed by atoms with E-state index in [1.807, 2.05) is 71.0 Å². The standard InChI is InChI=1S/C35H45N3O4S/c1-6-32(35(40)36-30-13-8-7-9-14-30)37(23-29-12-10-11-26(3)21-29)34(39)24-38(33-22-27(4)15-18-28(33)5)43(41,42)31-19-16-25(2)17-20-31/h10-12,15-22,30,32H,6-9,13-14,23-24H2,1-5H3,(H,36,40). The highest BCUT2D eigenvalue weighted by molar-refractivity contribution is 7.92. The average Bonchev–Trinajstić information content (AvgIpc) is 2.97. The summed E-state index contributed by atoms with van der Waals surface area (Å²) in [5.41, 5.74) is 4.94. The molecule has 1 unspecified atom stereocenters. The molecule has 3 aromatic rings. The van der Waals surface area contributed by atoms with E-state index in [0.717, 1.165) is 53.5 Å². The molecule has 0 bridgehead atoms. The lowest BCUT2D eigenvalue weighted by Gasteiger charge is -2.35. The van der Waals surface area contributed by atoms with Crippen molar-refractivity contribution >= 4 is 27.5 Å². The number of benzene rings is 3. The van der Waals surface area contributed by atoms with Crippen molar-refractivity contribution in [3.63, 3.8) is 0 Å². The molecule has 1 aliphatic carbocycles. The summed E-state index contributed by atoms with van der Waals surface area (Å²) in [4.78, 5) is 29.8. The summed E-state index contributed by atoms with van der Waals surface area (Å²) in [6.07, 6.45) is 5.60. The predicted molar refractivity (Wildman–Crippen MR) is 172 cm³/mol. The molecule has 1 N–H and O–H groups in total. The van der Waals surface area contributed by atoms with Crippen LogP contribution in [-0.2, 0) is 26.2 Å². The maximum absolute atomic E-state index is 14.4. The number of rotatable bonds is 11. The van der Waals surface area contributed by atoms with E-state index >= 15 is 0 Å². The number of carbonyl (C=O) groups is 2. The van der Waals surface area contributed by atoms with Gasteiger partial charge in [0.2, 0.25) is 11.8 Å². The maximum atomic E-state index is 14.4.